The van der Waals surface area contributed by atoms with E-state index in [1.807, 2.05) is 30.3 Å². The van der Waals surface area contributed by atoms with Crippen LogP contribution in [-0.4, -0.2) is 6.54 Å². The highest BCUT2D eigenvalue weighted by atomic mass is 127. The minimum absolute atomic E-state index is 0.175. The van der Waals surface area contributed by atoms with Crippen LogP contribution in [0.2, 0.25) is 5.02 Å². The van der Waals surface area contributed by atoms with Gasteiger partial charge in [-0.3, -0.25) is 0 Å². The number of likely N-dealkylation sites (N-methyl/N-ethyl adjacent to an activating group) is 1. The van der Waals surface area contributed by atoms with Crippen molar-refractivity contribution in [1.82, 2.24) is 5.32 Å². The Labute approximate surface area is 137 Å². The van der Waals surface area contributed by atoms with E-state index in [0.29, 0.717) is 0 Å². The average Bonchev–Trinajstić information content (AvgIpc) is 2.41. The van der Waals surface area contributed by atoms with Gasteiger partial charge in [-0.1, -0.05) is 36.7 Å². The van der Waals surface area contributed by atoms with E-state index in [4.69, 9.17) is 11.6 Å². The van der Waals surface area contributed by atoms with Crippen LogP contribution in [0.4, 0.5) is 4.39 Å². The normalized spacial score (nSPS) is 12.4. The molecule has 2 aromatic rings. The van der Waals surface area contributed by atoms with Crippen LogP contribution in [-0.2, 0) is 6.42 Å². The summed E-state index contributed by atoms with van der Waals surface area (Å²) in [6, 6.07) is 13.0. The molecule has 4 heteroatoms. The maximum absolute atomic E-state index is 13.2. The molecule has 1 atom stereocenters. The van der Waals surface area contributed by atoms with E-state index in [1.165, 1.54) is 11.6 Å². The number of benzene rings is 2. The zero-order chi connectivity index (χ0) is 14.5. The minimum atomic E-state index is -0.195. The van der Waals surface area contributed by atoms with E-state index in [2.05, 4.69) is 34.8 Å². The molecule has 1 N–H and O–H groups in total. The van der Waals surface area contributed by atoms with Gasteiger partial charge >= 0.3 is 0 Å². The predicted molar refractivity (Wildman–Crippen MR) is 90.7 cm³/mol. The number of rotatable bonds is 5. The Kier molecular flexibility index (Phi) is 5.81. The third-order valence-electron chi connectivity index (χ3n) is 3.14. The van der Waals surface area contributed by atoms with Gasteiger partial charge in [-0.25, -0.2) is 4.39 Å². The van der Waals surface area contributed by atoms with E-state index in [0.717, 1.165) is 27.1 Å². The molecule has 0 bridgehead atoms. The average molecular weight is 404 g/mol. The first kappa shape index (κ1) is 15.7. The van der Waals surface area contributed by atoms with Crippen LogP contribution in [0.5, 0.6) is 0 Å². The molecule has 0 amide bonds. The molecule has 2 aromatic carbocycles. The maximum Gasteiger partial charge on any atom is 0.124 e. The summed E-state index contributed by atoms with van der Waals surface area (Å²) < 4.78 is 14.2. The van der Waals surface area contributed by atoms with Gasteiger partial charge in [0.15, 0.2) is 0 Å². The van der Waals surface area contributed by atoms with E-state index < -0.39 is 0 Å². The first-order chi connectivity index (χ1) is 9.60. The Morgan fingerprint density at radius 2 is 1.90 bits per heavy atom. The summed E-state index contributed by atoms with van der Waals surface area (Å²) in [6.07, 6.45) is 0.854. The van der Waals surface area contributed by atoms with Gasteiger partial charge in [0.1, 0.15) is 5.82 Å². The smallest absolute Gasteiger partial charge is 0.124 e. The Bertz CT molecular complexity index is 571. The lowest BCUT2D eigenvalue weighted by Gasteiger charge is -2.20. The number of hydrogen-bond donors (Lipinski definition) is 1. The lowest BCUT2D eigenvalue weighted by atomic mass is 9.99. The predicted octanol–water partition coefficient (Wildman–Crippen LogP) is 4.98. The Morgan fingerprint density at radius 3 is 2.50 bits per heavy atom. The molecule has 0 aliphatic carbocycles. The molecule has 0 heterocycles. The van der Waals surface area contributed by atoms with Gasteiger partial charge in [0.25, 0.3) is 0 Å². The van der Waals surface area contributed by atoms with E-state index in [-0.39, 0.29) is 11.9 Å². The second-order valence-corrected chi connectivity index (χ2v) is 6.21. The van der Waals surface area contributed by atoms with E-state index in [9.17, 15) is 4.39 Å². The molecule has 0 saturated carbocycles. The highest BCUT2D eigenvalue weighted by Gasteiger charge is 2.14. The lowest BCUT2D eigenvalue weighted by molar-refractivity contribution is 0.545. The summed E-state index contributed by atoms with van der Waals surface area (Å²) in [7, 11) is 0. The minimum Gasteiger partial charge on any atom is -0.310 e. The first-order valence-corrected chi connectivity index (χ1v) is 7.98. The van der Waals surface area contributed by atoms with Crippen LogP contribution < -0.4 is 5.32 Å². The summed E-state index contributed by atoms with van der Waals surface area (Å²) >= 11 is 8.10. The van der Waals surface area contributed by atoms with Gasteiger partial charge in [0, 0.05) is 14.6 Å². The van der Waals surface area contributed by atoms with Crippen molar-refractivity contribution in [2.45, 2.75) is 19.4 Å². The third-order valence-corrected chi connectivity index (χ3v) is 4.33. The molecule has 0 aromatic heterocycles. The molecule has 106 valence electrons. The highest BCUT2D eigenvalue weighted by molar-refractivity contribution is 14.1. The third kappa shape index (κ3) is 4.17. The highest BCUT2D eigenvalue weighted by Crippen LogP contribution is 2.25. The second kappa shape index (κ2) is 7.38. The van der Waals surface area contributed by atoms with Crippen LogP contribution in [0.15, 0.2) is 42.5 Å². The Balaban J connectivity index is 2.24. The lowest BCUT2D eigenvalue weighted by Crippen LogP contribution is -2.23. The molecule has 0 aliphatic rings. The van der Waals surface area contributed by atoms with Crippen molar-refractivity contribution in [3.8, 4) is 0 Å². The quantitative estimate of drug-likeness (QED) is 0.695. The van der Waals surface area contributed by atoms with Crippen molar-refractivity contribution in [2.24, 2.45) is 0 Å². The topological polar surface area (TPSA) is 12.0 Å². The fraction of sp³-hybridized carbons (Fsp3) is 0.250. The van der Waals surface area contributed by atoms with Gasteiger partial charge in [0.05, 0.1) is 0 Å². The molecule has 20 heavy (non-hydrogen) atoms. The van der Waals surface area contributed by atoms with Crippen molar-refractivity contribution in [3.05, 3.63) is 68.0 Å². The largest absolute Gasteiger partial charge is 0.310 e. The Hall–Kier alpha value is -0.650. The summed E-state index contributed by atoms with van der Waals surface area (Å²) in [5, 5.41) is 4.20. The number of hydrogen-bond acceptors (Lipinski definition) is 1. The number of nitrogens with one attached hydrogen (secondary N) is 1. The molecule has 0 fully saturated rings. The summed E-state index contributed by atoms with van der Waals surface area (Å²) in [5.74, 6) is -0.195. The molecule has 0 radical (unpaired) electrons. The molecule has 0 saturated heterocycles. The van der Waals surface area contributed by atoms with Crippen LogP contribution in [0.25, 0.3) is 0 Å². The van der Waals surface area contributed by atoms with Gasteiger partial charge in [-0.05, 0) is 70.9 Å². The molecule has 0 aliphatic heterocycles. The van der Waals surface area contributed by atoms with Gasteiger partial charge in [0.2, 0.25) is 0 Å². The number of halogens is 3. The van der Waals surface area contributed by atoms with Gasteiger partial charge in [-0.15, -0.1) is 0 Å². The fourth-order valence-electron chi connectivity index (χ4n) is 2.18. The monoisotopic (exact) mass is 403 g/mol. The maximum atomic E-state index is 13.2. The van der Waals surface area contributed by atoms with Gasteiger partial charge in [-0.2, -0.15) is 0 Å². The molecular formula is C16H16ClFIN. The van der Waals surface area contributed by atoms with E-state index in [1.54, 1.807) is 6.07 Å². The fourth-order valence-corrected chi connectivity index (χ4v) is 3.16. The zero-order valence-corrected chi connectivity index (χ0v) is 14.1. The van der Waals surface area contributed by atoms with Gasteiger partial charge < -0.3 is 5.32 Å². The summed E-state index contributed by atoms with van der Waals surface area (Å²) in [5.41, 5.74) is 2.34. The first-order valence-electron chi connectivity index (χ1n) is 6.53. The van der Waals surface area contributed by atoms with Crippen LogP contribution in [0.1, 0.15) is 24.1 Å². The Morgan fingerprint density at radius 1 is 1.20 bits per heavy atom. The summed E-state index contributed by atoms with van der Waals surface area (Å²) in [6.45, 7) is 2.94. The van der Waals surface area contributed by atoms with Crippen LogP contribution in [0.3, 0.4) is 0 Å². The van der Waals surface area contributed by atoms with Crippen molar-refractivity contribution in [1.29, 1.82) is 0 Å². The molecule has 2 rings (SSSR count). The van der Waals surface area contributed by atoms with Crippen LogP contribution >= 0.6 is 34.2 Å². The van der Waals surface area contributed by atoms with Crippen molar-refractivity contribution in [3.63, 3.8) is 0 Å². The second-order valence-electron chi connectivity index (χ2n) is 4.61. The molecular weight excluding hydrogens is 388 g/mol. The van der Waals surface area contributed by atoms with Crippen molar-refractivity contribution < 1.29 is 4.39 Å². The SMILES string of the molecule is CCNC(Cc1ccc(Cl)cc1)c1ccc(F)cc1I. The zero-order valence-electron chi connectivity index (χ0n) is 11.2. The molecule has 1 unspecified atom stereocenters. The molecule has 1 nitrogen and oxygen atoms in total. The molecule has 0 spiro atoms. The van der Waals surface area contributed by atoms with Crippen LogP contribution in [0, 0.1) is 9.39 Å². The van der Waals surface area contributed by atoms with Crippen molar-refractivity contribution in [2.75, 3.05) is 6.54 Å². The standard InChI is InChI=1S/C16H16ClFIN/c1-2-20-16(9-11-3-5-12(17)6-4-11)14-8-7-13(18)10-15(14)19/h3-8,10,16,20H,2,9H2,1H3. The van der Waals surface area contributed by atoms with Crippen molar-refractivity contribution >= 4 is 34.2 Å². The summed E-state index contributed by atoms with van der Waals surface area (Å²) in [4.78, 5) is 0. The van der Waals surface area contributed by atoms with E-state index >= 15 is 0 Å².